The zero-order valence-corrected chi connectivity index (χ0v) is 16.9. The third kappa shape index (κ3) is 5.45. The van der Waals surface area contributed by atoms with Crippen molar-refractivity contribution in [2.75, 3.05) is 6.54 Å². The minimum atomic E-state index is -0.667. The van der Waals surface area contributed by atoms with Gasteiger partial charge in [-0.25, -0.2) is 0 Å². The number of nitrogens with one attached hydrogen (secondary N) is 1. The highest BCUT2D eigenvalue weighted by atomic mass is 35.5. The van der Waals surface area contributed by atoms with Crippen LogP contribution in [0.25, 0.3) is 0 Å². The Bertz CT molecular complexity index is 823. The van der Waals surface area contributed by atoms with E-state index in [2.05, 4.69) is 10.5 Å². The molecule has 0 unspecified atom stereocenters. The maximum atomic E-state index is 12.5. The topological polar surface area (TPSA) is 88.1 Å². The molecule has 0 bridgehead atoms. The van der Waals surface area contributed by atoms with Crippen LogP contribution in [0.2, 0.25) is 10.0 Å². The van der Waals surface area contributed by atoms with Crippen molar-refractivity contribution in [3.8, 4) is 0 Å². The summed E-state index contributed by atoms with van der Waals surface area (Å²) in [6.45, 7) is 1.69. The van der Waals surface area contributed by atoms with Gasteiger partial charge in [0, 0.05) is 12.5 Å². The first-order valence-electron chi connectivity index (χ1n) is 9.04. The van der Waals surface area contributed by atoms with E-state index in [4.69, 9.17) is 28.0 Å². The lowest BCUT2D eigenvalue weighted by Gasteiger charge is -2.22. The summed E-state index contributed by atoms with van der Waals surface area (Å²) in [4.78, 5) is 43.0. The first-order chi connectivity index (χ1) is 13.3. The average Bonchev–Trinajstić information content (AvgIpc) is 3.33. The summed E-state index contributed by atoms with van der Waals surface area (Å²) >= 11 is 11.9. The predicted octanol–water partition coefficient (Wildman–Crippen LogP) is 2.72. The van der Waals surface area contributed by atoms with E-state index in [9.17, 15) is 14.4 Å². The second-order valence-corrected chi connectivity index (χ2v) is 7.90. The van der Waals surface area contributed by atoms with Gasteiger partial charge in [0.15, 0.2) is 0 Å². The lowest BCUT2D eigenvalue weighted by Crippen LogP contribution is -2.46. The molecule has 150 valence electrons. The van der Waals surface area contributed by atoms with Crippen LogP contribution in [0.4, 0.5) is 0 Å². The van der Waals surface area contributed by atoms with Gasteiger partial charge in [0.05, 0.1) is 28.7 Å². The second kappa shape index (κ2) is 8.92. The van der Waals surface area contributed by atoms with E-state index in [1.165, 1.54) is 11.8 Å². The first kappa shape index (κ1) is 20.6. The molecule has 0 aromatic heterocycles. The normalized spacial score (nSPS) is 20.3. The van der Waals surface area contributed by atoms with Crippen LogP contribution < -0.4 is 5.32 Å². The molecule has 2 amide bonds. The van der Waals surface area contributed by atoms with Crippen molar-refractivity contribution in [1.82, 2.24) is 10.2 Å². The Morgan fingerprint density at radius 1 is 1.25 bits per heavy atom. The number of ketones is 1. The van der Waals surface area contributed by atoms with Crippen LogP contribution in [-0.2, 0) is 25.8 Å². The van der Waals surface area contributed by atoms with Gasteiger partial charge >= 0.3 is 0 Å². The molecular formula is C19H21Cl2N3O4. The van der Waals surface area contributed by atoms with Crippen molar-refractivity contribution < 1.29 is 19.2 Å². The van der Waals surface area contributed by atoms with Crippen LogP contribution in [0.15, 0.2) is 23.4 Å². The molecule has 28 heavy (non-hydrogen) atoms. The summed E-state index contributed by atoms with van der Waals surface area (Å²) in [6, 6.07) is 4.65. The van der Waals surface area contributed by atoms with Gasteiger partial charge in [0.2, 0.25) is 11.8 Å². The highest BCUT2D eigenvalue weighted by molar-refractivity contribution is 6.42. The Hall–Kier alpha value is -2.12. The summed E-state index contributed by atoms with van der Waals surface area (Å²) in [5.74, 6) is -0.833. The summed E-state index contributed by atoms with van der Waals surface area (Å²) in [7, 11) is 0. The second-order valence-electron chi connectivity index (χ2n) is 7.08. The van der Waals surface area contributed by atoms with E-state index in [1.807, 2.05) is 0 Å². The van der Waals surface area contributed by atoms with Gasteiger partial charge in [-0.1, -0.05) is 34.4 Å². The molecule has 2 aliphatic rings. The van der Waals surface area contributed by atoms with Gasteiger partial charge in [-0.3, -0.25) is 14.4 Å². The molecule has 1 aliphatic carbocycles. The lowest BCUT2D eigenvalue weighted by molar-refractivity contribution is -0.140. The van der Waals surface area contributed by atoms with E-state index in [0.29, 0.717) is 15.8 Å². The third-order valence-electron chi connectivity index (χ3n) is 4.51. The summed E-state index contributed by atoms with van der Waals surface area (Å²) < 4.78 is 0. The molecule has 9 heteroatoms. The number of hydrogen-bond acceptors (Lipinski definition) is 5. The Labute approximate surface area is 173 Å². The number of rotatable bonds is 7. The monoisotopic (exact) mass is 425 g/mol. The Morgan fingerprint density at radius 2 is 2.00 bits per heavy atom. The molecule has 0 radical (unpaired) electrons. The van der Waals surface area contributed by atoms with E-state index in [1.54, 1.807) is 18.2 Å². The first-order valence-corrected chi connectivity index (χ1v) is 9.80. The van der Waals surface area contributed by atoms with Crippen LogP contribution in [0.3, 0.4) is 0 Å². The van der Waals surface area contributed by atoms with Crippen molar-refractivity contribution in [3.63, 3.8) is 0 Å². The standard InChI is InChI=1S/C19H21Cl2N3O4/c1-11(25)6-18(26)24-9-14(8-17(24)19(27)22-13-3-4-13)23-28-10-12-2-5-15(20)16(21)7-12/h2,5,7,13,17H,3-4,6,8-10H2,1H3,(H,22,27)/b23-14+/t17-/m0/s1. The molecular weight excluding hydrogens is 405 g/mol. The van der Waals surface area contributed by atoms with Gasteiger partial charge in [0.25, 0.3) is 0 Å². The van der Waals surface area contributed by atoms with Crippen molar-refractivity contribution in [1.29, 1.82) is 0 Å². The Balaban J connectivity index is 1.64. The molecule has 1 saturated carbocycles. The molecule has 1 saturated heterocycles. The summed E-state index contributed by atoms with van der Waals surface area (Å²) in [5.41, 5.74) is 1.37. The van der Waals surface area contributed by atoms with E-state index < -0.39 is 6.04 Å². The molecule has 2 fully saturated rings. The van der Waals surface area contributed by atoms with Gasteiger partial charge < -0.3 is 15.1 Å². The third-order valence-corrected chi connectivity index (χ3v) is 5.25. The molecule has 1 aromatic carbocycles. The molecule has 1 N–H and O–H groups in total. The zero-order valence-electron chi connectivity index (χ0n) is 15.4. The molecule has 1 aliphatic heterocycles. The molecule has 3 rings (SSSR count). The zero-order chi connectivity index (χ0) is 20.3. The number of amides is 2. The van der Waals surface area contributed by atoms with Crippen LogP contribution in [0.5, 0.6) is 0 Å². The minimum absolute atomic E-state index is 0.163. The molecule has 1 heterocycles. The lowest BCUT2D eigenvalue weighted by atomic mass is 10.2. The number of likely N-dealkylation sites (tertiary alicyclic amines) is 1. The van der Waals surface area contributed by atoms with Crippen LogP contribution in [0, 0.1) is 0 Å². The van der Waals surface area contributed by atoms with Crippen molar-refractivity contribution in [3.05, 3.63) is 33.8 Å². The van der Waals surface area contributed by atoms with Crippen molar-refractivity contribution >= 4 is 46.5 Å². The fraction of sp³-hybridized carbons (Fsp3) is 0.474. The van der Waals surface area contributed by atoms with Gasteiger partial charge in [-0.2, -0.15) is 0 Å². The molecule has 1 atom stereocenters. The quantitative estimate of drug-likeness (QED) is 0.537. The van der Waals surface area contributed by atoms with Crippen molar-refractivity contribution in [2.24, 2.45) is 5.16 Å². The maximum absolute atomic E-state index is 12.5. The smallest absolute Gasteiger partial charge is 0.243 e. The molecule has 7 nitrogen and oxygen atoms in total. The number of nitrogens with zero attached hydrogens (tertiary/aromatic N) is 2. The predicted molar refractivity (Wildman–Crippen MR) is 105 cm³/mol. The summed E-state index contributed by atoms with van der Waals surface area (Å²) in [5, 5.41) is 7.88. The number of oxime groups is 1. The molecule has 1 aromatic rings. The Kier molecular flexibility index (Phi) is 6.57. The fourth-order valence-corrected chi connectivity index (χ4v) is 3.25. The van der Waals surface area contributed by atoms with Gasteiger partial charge in [0.1, 0.15) is 18.4 Å². The number of hydrogen-bond donors (Lipinski definition) is 1. The number of carbonyl (C=O) groups excluding carboxylic acids is 3. The van der Waals surface area contributed by atoms with E-state index in [0.717, 1.165) is 18.4 Å². The van der Waals surface area contributed by atoms with Crippen LogP contribution in [-0.4, -0.2) is 46.8 Å². The van der Waals surface area contributed by atoms with Crippen molar-refractivity contribution in [2.45, 2.75) is 51.3 Å². The van der Waals surface area contributed by atoms with E-state index >= 15 is 0 Å². The highest BCUT2D eigenvalue weighted by Crippen LogP contribution is 2.24. The van der Waals surface area contributed by atoms with Crippen LogP contribution in [0.1, 0.15) is 38.2 Å². The number of halogens is 2. The average molecular weight is 426 g/mol. The highest BCUT2D eigenvalue weighted by Gasteiger charge is 2.39. The number of Topliss-reactive ketones (excluding diaryl/α,β-unsaturated/α-hetero) is 1. The van der Waals surface area contributed by atoms with Gasteiger partial charge in [-0.15, -0.1) is 0 Å². The number of benzene rings is 1. The largest absolute Gasteiger partial charge is 0.391 e. The Morgan fingerprint density at radius 3 is 2.64 bits per heavy atom. The maximum Gasteiger partial charge on any atom is 0.243 e. The SMILES string of the molecule is CC(=O)CC(=O)N1C/C(=N/OCc2ccc(Cl)c(Cl)c2)C[C@H]1C(=O)NC1CC1. The number of carbonyl (C=O) groups is 3. The van der Waals surface area contributed by atoms with Gasteiger partial charge in [-0.05, 0) is 37.5 Å². The van der Waals surface area contributed by atoms with E-state index in [-0.39, 0.29) is 49.6 Å². The van der Waals surface area contributed by atoms with Crippen LogP contribution >= 0.6 is 23.2 Å². The fourth-order valence-electron chi connectivity index (χ4n) is 2.93. The molecule has 0 spiro atoms. The summed E-state index contributed by atoms with van der Waals surface area (Å²) in [6.07, 6.45) is 1.95. The minimum Gasteiger partial charge on any atom is -0.391 e.